The maximum atomic E-state index is 11.1. The quantitative estimate of drug-likeness (QED) is 0.583. The van der Waals surface area contributed by atoms with Crippen molar-refractivity contribution in [3.63, 3.8) is 0 Å². The SMILES string of the molecule is COC(=O)c1ccc(OB(O)O)c(Cl)c1. The molecule has 0 aliphatic carbocycles. The van der Waals surface area contributed by atoms with E-state index >= 15 is 0 Å². The van der Waals surface area contributed by atoms with E-state index in [0.717, 1.165) is 0 Å². The highest BCUT2D eigenvalue weighted by Crippen LogP contribution is 2.25. The third-order valence-electron chi connectivity index (χ3n) is 1.59. The van der Waals surface area contributed by atoms with Crippen molar-refractivity contribution in [3.8, 4) is 5.75 Å². The van der Waals surface area contributed by atoms with E-state index in [-0.39, 0.29) is 16.3 Å². The highest BCUT2D eigenvalue weighted by atomic mass is 35.5. The van der Waals surface area contributed by atoms with Crippen LogP contribution in [0.25, 0.3) is 0 Å². The molecule has 1 rings (SSSR count). The number of esters is 1. The van der Waals surface area contributed by atoms with Crippen molar-refractivity contribution in [1.29, 1.82) is 0 Å². The average Bonchev–Trinajstić information content (AvgIpc) is 2.19. The summed E-state index contributed by atoms with van der Waals surface area (Å²) in [7, 11) is -0.704. The Balaban J connectivity index is 2.93. The number of ether oxygens (including phenoxy) is 1. The summed E-state index contributed by atoms with van der Waals surface area (Å²) in [6.45, 7) is 0. The van der Waals surface area contributed by atoms with Crippen LogP contribution in [-0.2, 0) is 4.74 Å². The fraction of sp³-hybridized carbons (Fsp3) is 0.125. The Kier molecular flexibility index (Phi) is 3.96. The summed E-state index contributed by atoms with van der Waals surface area (Å²) in [5.74, 6) is -0.465. The summed E-state index contributed by atoms with van der Waals surface area (Å²) in [5, 5.41) is 17.2. The lowest BCUT2D eigenvalue weighted by molar-refractivity contribution is 0.0600. The molecule has 0 radical (unpaired) electrons. The Morgan fingerprint density at radius 1 is 1.47 bits per heavy atom. The third kappa shape index (κ3) is 3.12. The van der Waals surface area contributed by atoms with Gasteiger partial charge in [0, 0.05) is 0 Å². The van der Waals surface area contributed by atoms with Crippen LogP contribution in [0.4, 0.5) is 0 Å². The molecule has 0 saturated carbocycles. The molecular weight excluding hydrogens is 222 g/mol. The van der Waals surface area contributed by atoms with Crippen molar-refractivity contribution in [1.82, 2.24) is 0 Å². The van der Waals surface area contributed by atoms with E-state index in [9.17, 15) is 4.79 Å². The molecule has 5 nitrogen and oxygen atoms in total. The third-order valence-corrected chi connectivity index (χ3v) is 1.88. The zero-order valence-electron chi connectivity index (χ0n) is 7.81. The topological polar surface area (TPSA) is 76.0 Å². The Hall–Kier alpha value is -1.24. The number of carbonyl (C=O) groups is 1. The van der Waals surface area contributed by atoms with Crippen LogP contribution < -0.4 is 4.65 Å². The fourth-order valence-corrected chi connectivity index (χ4v) is 1.18. The summed E-state index contributed by atoms with van der Waals surface area (Å²) in [6.07, 6.45) is 0. The first-order chi connectivity index (χ1) is 7.04. The highest BCUT2D eigenvalue weighted by molar-refractivity contribution is 6.36. The van der Waals surface area contributed by atoms with Crippen LogP contribution in [0.15, 0.2) is 18.2 Å². The lowest BCUT2D eigenvalue weighted by Crippen LogP contribution is -2.20. The summed E-state index contributed by atoms with van der Waals surface area (Å²) in [6, 6.07) is 4.05. The van der Waals surface area contributed by atoms with Gasteiger partial charge in [-0.1, -0.05) is 11.6 Å². The van der Waals surface area contributed by atoms with Gasteiger partial charge in [-0.05, 0) is 18.2 Å². The predicted octanol–water partition coefficient (Wildman–Crippen LogP) is 0.475. The highest BCUT2D eigenvalue weighted by Gasteiger charge is 2.15. The Morgan fingerprint density at radius 3 is 2.60 bits per heavy atom. The molecule has 15 heavy (non-hydrogen) atoms. The van der Waals surface area contributed by atoms with Gasteiger partial charge in [0.2, 0.25) is 0 Å². The van der Waals surface area contributed by atoms with Gasteiger partial charge in [0.1, 0.15) is 5.75 Å². The largest absolute Gasteiger partial charge is 0.707 e. The molecule has 0 atom stereocenters. The van der Waals surface area contributed by atoms with Gasteiger partial charge in [0.15, 0.2) is 0 Å². The Morgan fingerprint density at radius 2 is 2.13 bits per heavy atom. The Bertz CT molecular complexity index is 368. The maximum absolute atomic E-state index is 11.1. The van der Waals surface area contributed by atoms with Crippen molar-refractivity contribution >= 4 is 24.9 Å². The molecule has 1 aromatic rings. The van der Waals surface area contributed by atoms with E-state index in [1.54, 1.807) is 0 Å². The summed E-state index contributed by atoms with van der Waals surface area (Å²) in [5.41, 5.74) is 0.252. The zero-order chi connectivity index (χ0) is 11.4. The lowest BCUT2D eigenvalue weighted by Gasteiger charge is -2.07. The first kappa shape index (κ1) is 11.8. The smallest absolute Gasteiger partial charge is 0.511 e. The van der Waals surface area contributed by atoms with E-state index in [1.807, 2.05) is 0 Å². The predicted molar refractivity (Wildman–Crippen MR) is 53.6 cm³/mol. The maximum Gasteiger partial charge on any atom is 0.707 e. The minimum absolute atomic E-state index is 0.0688. The van der Waals surface area contributed by atoms with Crippen molar-refractivity contribution in [2.45, 2.75) is 0 Å². The van der Waals surface area contributed by atoms with Gasteiger partial charge in [-0.3, -0.25) is 0 Å². The molecule has 0 unspecified atom stereocenters. The van der Waals surface area contributed by atoms with Crippen molar-refractivity contribution in [2.75, 3.05) is 7.11 Å². The number of rotatable bonds is 3. The zero-order valence-corrected chi connectivity index (χ0v) is 8.56. The van der Waals surface area contributed by atoms with E-state index < -0.39 is 13.3 Å². The summed E-state index contributed by atoms with van der Waals surface area (Å²) in [4.78, 5) is 11.1. The fourth-order valence-electron chi connectivity index (χ4n) is 0.955. The monoisotopic (exact) mass is 230 g/mol. The molecule has 0 aliphatic heterocycles. The second-order valence-electron chi connectivity index (χ2n) is 2.58. The standard InChI is InChI=1S/C8H8BClO5/c1-14-8(11)5-2-3-7(6(10)4-5)15-9(12)13/h2-4,12-13H,1H3. The number of benzene rings is 1. The minimum atomic E-state index is -1.95. The van der Waals surface area contributed by atoms with Crippen LogP contribution in [0, 0.1) is 0 Å². The second kappa shape index (κ2) is 5.02. The molecule has 0 saturated heterocycles. The van der Waals surface area contributed by atoms with Crippen molar-refractivity contribution < 1.29 is 24.2 Å². The van der Waals surface area contributed by atoms with Gasteiger partial charge in [0.05, 0.1) is 17.7 Å². The molecule has 0 aliphatic rings. The molecule has 7 heteroatoms. The molecule has 0 amide bonds. The number of hydrogen-bond acceptors (Lipinski definition) is 5. The first-order valence-electron chi connectivity index (χ1n) is 3.95. The van der Waals surface area contributed by atoms with Gasteiger partial charge in [-0.25, -0.2) is 4.79 Å². The van der Waals surface area contributed by atoms with E-state index in [1.165, 1.54) is 25.3 Å². The number of halogens is 1. The van der Waals surface area contributed by atoms with E-state index in [2.05, 4.69) is 9.39 Å². The van der Waals surface area contributed by atoms with Crippen LogP contribution >= 0.6 is 11.6 Å². The summed E-state index contributed by atoms with van der Waals surface area (Å²) >= 11 is 5.72. The number of carbonyl (C=O) groups excluding carboxylic acids is 1. The molecule has 0 bridgehead atoms. The first-order valence-corrected chi connectivity index (χ1v) is 4.33. The van der Waals surface area contributed by atoms with Crippen molar-refractivity contribution in [2.24, 2.45) is 0 Å². The van der Waals surface area contributed by atoms with Gasteiger partial charge >= 0.3 is 13.3 Å². The normalized spacial score (nSPS) is 9.60. The molecule has 0 spiro atoms. The van der Waals surface area contributed by atoms with Gasteiger partial charge in [-0.2, -0.15) is 0 Å². The van der Waals surface area contributed by atoms with Crippen LogP contribution in [0.3, 0.4) is 0 Å². The molecule has 0 fully saturated rings. The summed E-state index contributed by atoms with van der Waals surface area (Å²) < 4.78 is 9.02. The van der Waals surface area contributed by atoms with Crippen LogP contribution in [0.1, 0.15) is 10.4 Å². The van der Waals surface area contributed by atoms with Gasteiger partial charge < -0.3 is 19.4 Å². The molecule has 1 aromatic carbocycles. The molecule has 0 heterocycles. The Labute approximate surface area is 91.4 Å². The van der Waals surface area contributed by atoms with Crippen LogP contribution in [0.5, 0.6) is 5.75 Å². The lowest BCUT2D eigenvalue weighted by atomic mass is 10.2. The van der Waals surface area contributed by atoms with Crippen LogP contribution in [0.2, 0.25) is 5.02 Å². The number of hydrogen-bond donors (Lipinski definition) is 2. The molecule has 2 N–H and O–H groups in total. The van der Waals surface area contributed by atoms with Crippen molar-refractivity contribution in [3.05, 3.63) is 28.8 Å². The average molecular weight is 230 g/mol. The van der Waals surface area contributed by atoms with E-state index in [0.29, 0.717) is 0 Å². The molecular formula is C8H8BClO5. The molecule has 0 aromatic heterocycles. The minimum Gasteiger partial charge on any atom is -0.511 e. The van der Waals surface area contributed by atoms with Gasteiger partial charge in [0.25, 0.3) is 0 Å². The van der Waals surface area contributed by atoms with Gasteiger partial charge in [-0.15, -0.1) is 0 Å². The number of methoxy groups -OCH3 is 1. The molecule has 80 valence electrons. The second-order valence-corrected chi connectivity index (χ2v) is 2.99. The van der Waals surface area contributed by atoms with Crippen LogP contribution in [-0.4, -0.2) is 30.4 Å². The van der Waals surface area contributed by atoms with E-state index in [4.69, 9.17) is 21.6 Å².